The minimum absolute atomic E-state index is 0.103. The molecule has 0 fully saturated rings. The zero-order chi connectivity index (χ0) is 19.5. The van der Waals surface area contributed by atoms with Gasteiger partial charge in [-0.25, -0.2) is 0 Å². The van der Waals surface area contributed by atoms with Crippen LogP contribution in [0.2, 0.25) is 5.02 Å². The van der Waals surface area contributed by atoms with Gasteiger partial charge in [-0.05, 0) is 36.2 Å². The number of aryl methyl sites for hydroxylation is 1. The fourth-order valence-electron chi connectivity index (χ4n) is 3.15. The molecule has 28 heavy (non-hydrogen) atoms. The first kappa shape index (κ1) is 18.8. The van der Waals surface area contributed by atoms with Crippen LogP contribution in [0.1, 0.15) is 21.9 Å². The smallest absolute Gasteiger partial charge is 0.192 e. The molecule has 0 N–H and O–H groups in total. The Morgan fingerprint density at radius 1 is 0.857 bits per heavy atom. The second-order valence-corrected chi connectivity index (χ2v) is 8.20. The Kier molecular flexibility index (Phi) is 5.51. The third-order valence-corrected chi connectivity index (χ3v) is 6.21. The maximum atomic E-state index is 6.10. The lowest BCUT2D eigenvalue weighted by molar-refractivity contribution is 0.791. The quantitative estimate of drug-likeness (QED) is 0.363. The van der Waals surface area contributed by atoms with E-state index in [4.69, 9.17) is 11.6 Å². The predicted molar refractivity (Wildman–Crippen MR) is 117 cm³/mol. The largest absolute Gasteiger partial charge is 0.305 e. The van der Waals surface area contributed by atoms with Crippen molar-refractivity contribution < 1.29 is 0 Å². The second-order valence-electron chi connectivity index (χ2n) is 6.69. The summed E-state index contributed by atoms with van der Waals surface area (Å²) < 4.78 is 2.06. The summed E-state index contributed by atoms with van der Waals surface area (Å²) in [6, 6.07) is 26.8. The normalized spacial score (nSPS) is 12.1. The van der Waals surface area contributed by atoms with Gasteiger partial charge in [-0.3, -0.25) is 0 Å². The number of hydrogen-bond donors (Lipinski definition) is 0. The molecule has 0 aliphatic carbocycles. The van der Waals surface area contributed by atoms with Gasteiger partial charge in [-0.2, -0.15) is 0 Å². The zero-order valence-electron chi connectivity index (χ0n) is 15.7. The summed E-state index contributed by atoms with van der Waals surface area (Å²) >= 11 is 7.79. The molecule has 0 spiro atoms. The molecule has 1 heterocycles. The Labute approximate surface area is 174 Å². The van der Waals surface area contributed by atoms with Gasteiger partial charge in [0.2, 0.25) is 0 Å². The van der Waals surface area contributed by atoms with Crippen molar-refractivity contribution >= 4 is 23.4 Å². The van der Waals surface area contributed by atoms with Crippen LogP contribution in [0.15, 0.2) is 84.0 Å². The van der Waals surface area contributed by atoms with Gasteiger partial charge < -0.3 is 4.57 Å². The first-order chi connectivity index (χ1) is 13.6. The average Bonchev–Trinajstić information content (AvgIpc) is 3.08. The highest BCUT2D eigenvalue weighted by atomic mass is 35.5. The molecular formula is C23H20ClN3S. The molecule has 3 nitrogen and oxygen atoms in total. The molecule has 1 unspecified atom stereocenters. The van der Waals surface area contributed by atoms with E-state index in [9.17, 15) is 0 Å². The highest BCUT2D eigenvalue weighted by molar-refractivity contribution is 7.99. The molecular weight excluding hydrogens is 386 g/mol. The lowest BCUT2D eigenvalue weighted by Gasteiger charge is -2.17. The third-order valence-electron chi connectivity index (χ3n) is 4.61. The number of rotatable bonds is 5. The van der Waals surface area contributed by atoms with E-state index in [1.165, 1.54) is 16.7 Å². The van der Waals surface area contributed by atoms with Gasteiger partial charge in [0.15, 0.2) is 11.0 Å². The van der Waals surface area contributed by atoms with Crippen molar-refractivity contribution in [1.29, 1.82) is 0 Å². The highest BCUT2D eigenvalue weighted by Crippen LogP contribution is 2.40. The average molecular weight is 406 g/mol. The summed E-state index contributed by atoms with van der Waals surface area (Å²) in [4.78, 5) is 0. The van der Waals surface area contributed by atoms with E-state index in [0.717, 1.165) is 21.6 Å². The third kappa shape index (κ3) is 3.98. The summed E-state index contributed by atoms with van der Waals surface area (Å²) in [6.07, 6.45) is 0. The standard InChI is InChI=1S/C23H20ClN3S/c1-16-7-6-10-19(15-16)22-25-26-23(27(22)2)28-21(17-8-4-3-5-9-17)18-11-13-20(24)14-12-18/h3-15,21H,1-2H3. The van der Waals surface area contributed by atoms with Crippen molar-refractivity contribution in [1.82, 2.24) is 14.8 Å². The number of hydrogen-bond acceptors (Lipinski definition) is 3. The molecule has 4 aromatic rings. The topological polar surface area (TPSA) is 30.7 Å². The Morgan fingerprint density at radius 2 is 1.57 bits per heavy atom. The monoisotopic (exact) mass is 405 g/mol. The van der Waals surface area contributed by atoms with E-state index in [0.29, 0.717) is 0 Å². The van der Waals surface area contributed by atoms with Crippen molar-refractivity contribution in [3.63, 3.8) is 0 Å². The van der Waals surface area contributed by atoms with Crippen molar-refractivity contribution in [3.8, 4) is 11.4 Å². The molecule has 140 valence electrons. The molecule has 3 aromatic carbocycles. The SMILES string of the molecule is Cc1cccc(-c2nnc(SC(c3ccccc3)c3ccc(Cl)cc3)n2C)c1. The maximum Gasteiger partial charge on any atom is 0.192 e. The predicted octanol–water partition coefficient (Wildman–Crippen LogP) is 6.33. The van der Waals surface area contributed by atoms with Crippen LogP contribution in [0.25, 0.3) is 11.4 Å². The molecule has 0 aliphatic rings. The van der Waals surface area contributed by atoms with Gasteiger partial charge in [-0.1, -0.05) is 89.6 Å². The molecule has 0 saturated heterocycles. The number of aromatic nitrogens is 3. The fraction of sp³-hybridized carbons (Fsp3) is 0.130. The molecule has 1 atom stereocenters. The maximum absolute atomic E-state index is 6.10. The van der Waals surface area contributed by atoms with Gasteiger partial charge in [0.25, 0.3) is 0 Å². The Balaban J connectivity index is 1.71. The fourth-order valence-corrected chi connectivity index (χ4v) is 4.41. The van der Waals surface area contributed by atoms with Crippen LogP contribution >= 0.6 is 23.4 Å². The number of nitrogens with zero attached hydrogens (tertiary/aromatic N) is 3. The molecule has 0 radical (unpaired) electrons. The highest BCUT2D eigenvalue weighted by Gasteiger charge is 2.20. The number of benzene rings is 3. The summed E-state index contributed by atoms with van der Waals surface area (Å²) in [7, 11) is 2.02. The first-order valence-corrected chi connectivity index (χ1v) is 10.3. The van der Waals surface area contributed by atoms with Crippen LogP contribution in [0.3, 0.4) is 0 Å². The number of thioether (sulfide) groups is 1. The van der Waals surface area contributed by atoms with Gasteiger partial charge in [0, 0.05) is 17.6 Å². The van der Waals surface area contributed by atoms with E-state index < -0.39 is 0 Å². The minimum Gasteiger partial charge on any atom is -0.305 e. The van der Waals surface area contributed by atoms with Crippen LogP contribution in [0, 0.1) is 6.92 Å². The van der Waals surface area contributed by atoms with Crippen LogP contribution in [0.4, 0.5) is 0 Å². The number of halogens is 1. The summed E-state index contributed by atoms with van der Waals surface area (Å²) in [5.41, 5.74) is 4.68. The summed E-state index contributed by atoms with van der Waals surface area (Å²) in [5, 5.41) is 10.6. The van der Waals surface area contributed by atoms with Gasteiger partial charge in [-0.15, -0.1) is 10.2 Å². The Morgan fingerprint density at radius 3 is 2.29 bits per heavy atom. The Hall–Kier alpha value is -2.56. The van der Waals surface area contributed by atoms with Crippen molar-refractivity contribution in [3.05, 3.63) is 101 Å². The molecule has 0 amide bonds. The van der Waals surface area contributed by atoms with E-state index >= 15 is 0 Å². The molecule has 0 saturated carbocycles. The first-order valence-electron chi connectivity index (χ1n) is 9.05. The molecule has 5 heteroatoms. The van der Waals surface area contributed by atoms with Crippen molar-refractivity contribution in [2.45, 2.75) is 17.3 Å². The molecule has 4 rings (SSSR count). The van der Waals surface area contributed by atoms with Crippen LogP contribution < -0.4 is 0 Å². The van der Waals surface area contributed by atoms with E-state index in [2.05, 4.69) is 76.3 Å². The van der Waals surface area contributed by atoms with E-state index in [1.807, 2.05) is 31.3 Å². The minimum atomic E-state index is 0.103. The van der Waals surface area contributed by atoms with E-state index in [1.54, 1.807) is 11.8 Å². The van der Waals surface area contributed by atoms with Crippen LogP contribution in [-0.4, -0.2) is 14.8 Å². The zero-order valence-corrected chi connectivity index (χ0v) is 17.3. The van der Waals surface area contributed by atoms with Crippen molar-refractivity contribution in [2.24, 2.45) is 7.05 Å². The molecule has 0 aliphatic heterocycles. The van der Waals surface area contributed by atoms with Crippen LogP contribution in [0.5, 0.6) is 0 Å². The van der Waals surface area contributed by atoms with Crippen molar-refractivity contribution in [2.75, 3.05) is 0 Å². The second kappa shape index (κ2) is 8.21. The van der Waals surface area contributed by atoms with Gasteiger partial charge in [0.1, 0.15) is 0 Å². The van der Waals surface area contributed by atoms with E-state index in [-0.39, 0.29) is 5.25 Å². The van der Waals surface area contributed by atoms with Gasteiger partial charge >= 0.3 is 0 Å². The Bertz CT molecular complexity index is 1070. The molecule has 0 bridgehead atoms. The lowest BCUT2D eigenvalue weighted by Crippen LogP contribution is -2.00. The summed E-state index contributed by atoms with van der Waals surface area (Å²) in [6.45, 7) is 2.08. The van der Waals surface area contributed by atoms with Crippen LogP contribution in [-0.2, 0) is 7.05 Å². The summed E-state index contributed by atoms with van der Waals surface area (Å²) in [5.74, 6) is 0.870. The lowest BCUT2D eigenvalue weighted by atomic mass is 10.0. The molecule has 1 aromatic heterocycles. The van der Waals surface area contributed by atoms with Gasteiger partial charge in [0.05, 0.1) is 5.25 Å².